The summed E-state index contributed by atoms with van der Waals surface area (Å²) in [6, 6.07) is 0. The molecular weight excluding hydrogens is 148 g/mol. The van der Waals surface area contributed by atoms with Crippen LogP contribution in [0.1, 0.15) is 26.7 Å². The molecular formula is C11H14O. The van der Waals surface area contributed by atoms with Gasteiger partial charge in [0.25, 0.3) is 0 Å². The van der Waals surface area contributed by atoms with E-state index in [-0.39, 0.29) is 6.10 Å². The monoisotopic (exact) mass is 162 g/mol. The number of hydrogen-bond donors (Lipinski definition) is 1. The van der Waals surface area contributed by atoms with E-state index in [4.69, 9.17) is 0 Å². The van der Waals surface area contributed by atoms with Crippen LogP contribution in [0.15, 0.2) is 34.8 Å². The molecule has 0 aromatic heterocycles. The molecule has 0 radical (unpaired) electrons. The van der Waals surface area contributed by atoms with Crippen LogP contribution in [0.4, 0.5) is 0 Å². The SMILES string of the molecule is CCCC(O)C1=C=C=C(C)C=C1. The van der Waals surface area contributed by atoms with E-state index in [1.165, 1.54) is 0 Å². The van der Waals surface area contributed by atoms with Crippen molar-refractivity contribution in [1.82, 2.24) is 0 Å². The fourth-order valence-electron chi connectivity index (χ4n) is 1.09. The van der Waals surface area contributed by atoms with Crippen LogP contribution in [0, 0.1) is 0 Å². The van der Waals surface area contributed by atoms with Crippen LogP contribution in [0.2, 0.25) is 0 Å². The van der Waals surface area contributed by atoms with Crippen molar-refractivity contribution in [2.75, 3.05) is 0 Å². The molecule has 1 atom stereocenters. The van der Waals surface area contributed by atoms with E-state index in [1.54, 1.807) is 0 Å². The molecule has 0 amide bonds. The van der Waals surface area contributed by atoms with Crippen molar-refractivity contribution in [2.45, 2.75) is 32.8 Å². The van der Waals surface area contributed by atoms with Gasteiger partial charge in [-0.3, -0.25) is 0 Å². The van der Waals surface area contributed by atoms with Crippen LogP contribution in [0.5, 0.6) is 0 Å². The fourth-order valence-corrected chi connectivity index (χ4v) is 1.09. The molecule has 0 aromatic rings. The van der Waals surface area contributed by atoms with Gasteiger partial charge in [0.1, 0.15) is 0 Å². The van der Waals surface area contributed by atoms with Gasteiger partial charge >= 0.3 is 0 Å². The number of allylic oxidation sites excluding steroid dienone is 2. The maximum absolute atomic E-state index is 9.56. The van der Waals surface area contributed by atoms with E-state index in [0.29, 0.717) is 0 Å². The van der Waals surface area contributed by atoms with Gasteiger partial charge in [0.05, 0.1) is 6.10 Å². The van der Waals surface area contributed by atoms with E-state index in [2.05, 4.69) is 18.4 Å². The maximum Gasteiger partial charge on any atom is 0.0867 e. The molecule has 0 bridgehead atoms. The molecule has 1 rings (SSSR count). The molecule has 1 unspecified atom stereocenters. The van der Waals surface area contributed by atoms with Gasteiger partial charge in [-0.05, 0) is 31.1 Å². The third-order valence-electron chi connectivity index (χ3n) is 1.84. The first kappa shape index (κ1) is 9.09. The van der Waals surface area contributed by atoms with E-state index in [0.717, 1.165) is 24.0 Å². The highest BCUT2D eigenvalue weighted by Crippen LogP contribution is 2.12. The van der Waals surface area contributed by atoms with Crippen LogP contribution >= 0.6 is 0 Å². The van der Waals surface area contributed by atoms with E-state index >= 15 is 0 Å². The first-order valence-corrected chi connectivity index (χ1v) is 4.32. The molecule has 1 nitrogen and oxygen atoms in total. The summed E-state index contributed by atoms with van der Waals surface area (Å²) in [6.07, 6.45) is 5.28. The second-order valence-electron chi connectivity index (χ2n) is 3.03. The number of aliphatic hydroxyl groups excluding tert-OH is 1. The summed E-state index contributed by atoms with van der Waals surface area (Å²) in [7, 11) is 0. The third kappa shape index (κ3) is 2.25. The minimum absolute atomic E-state index is 0.369. The lowest BCUT2D eigenvalue weighted by Gasteiger charge is -2.08. The van der Waals surface area contributed by atoms with Crippen LogP contribution in [0.3, 0.4) is 0 Å². The smallest absolute Gasteiger partial charge is 0.0867 e. The highest BCUT2D eigenvalue weighted by molar-refractivity contribution is 5.32. The van der Waals surface area contributed by atoms with E-state index in [1.807, 2.05) is 19.1 Å². The van der Waals surface area contributed by atoms with Crippen molar-refractivity contribution in [2.24, 2.45) is 0 Å². The van der Waals surface area contributed by atoms with Gasteiger partial charge in [0, 0.05) is 5.57 Å². The van der Waals surface area contributed by atoms with Gasteiger partial charge in [-0.25, -0.2) is 0 Å². The Balaban J connectivity index is 2.78. The third-order valence-corrected chi connectivity index (χ3v) is 1.84. The standard InChI is InChI=1S/C11H14O/c1-3-4-11(12)10-7-5-9(2)6-8-10/h5,7,11-12H,3-4H2,1-2H3. The summed E-state index contributed by atoms with van der Waals surface area (Å²) in [6.45, 7) is 4.02. The van der Waals surface area contributed by atoms with Crippen LogP contribution in [-0.4, -0.2) is 11.2 Å². The maximum atomic E-state index is 9.56. The average Bonchev–Trinajstić information content (AvgIpc) is 2.06. The Labute approximate surface area is 73.4 Å². The summed E-state index contributed by atoms with van der Waals surface area (Å²) in [4.78, 5) is 0. The predicted molar refractivity (Wildman–Crippen MR) is 49.8 cm³/mol. The molecule has 0 spiro atoms. The molecule has 0 saturated carbocycles. The average molecular weight is 162 g/mol. The molecule has 1 heteroatoms. The predicted octanol–water partition coefficient (Wildman–Crippen LogP) is 2.34. The minimum Gasteiger partial charge on any atom is -0.388 e. The van der Waals surface area contributed by atoms with Crippen molar-refractivity contribution in [3.05, 3.63) is 34.8 Å². The van der Waals surface area contributed by atoms with Gasteiger partial charge in [0.15, 0.2) is 0 Å². The lowest BCUT2D eigenvalue weighted by Crippen LogP contribution is -2.07. The first-order chi connectivity index (χ1) is 5.74. The molecule has 64 valence electrons. The summed E-state index contributed by atoms with van der Waals surface area (Å²) in [5.41, 5.74) is 7.81. The van der Waals surface area contributed by atoms with Crippen LogP contribution < -0.4 is 0 Å². The van der Waals surface area contributed by atoms with Crippen molar-refractivity contribution in [1.29, 1.82) is 0 Å². The van der Waals surface area contributed by atoms with Gasteiger partial charge in [0.2, 0.25) is 0 Å². The number of rotatable bonds is 3. The number of hydrogen-bond acceptors (Lipinski definition) is 1. The zero-order valence-corrected chi connectivity index (χ0v) is 7.59. The lowest BCUT2D eigenvalue weighted by atomic mass is 10.0. The van der Waals surface area contributed by atoms with Crippen molar-refractivity contribution >= 4 is 0 Å². The molecule has 12 heavy (non-hydrogen) atoms. The largest absolute Gasteiger partial charge is 0.388 e. The molecule has 0 saturated heterocycles. The van der Waals surface area contributed by atoms with E-state index in [9.17, 15) is 5.11 Å². The zero-order chi connectivity index (χ0) is 8.97. The molecule has 0 heterocycles. The Morgan fingerprint density at radius 2 is 2.17 bits per heavy atom. The highest BCUT2D eigenvalue weighted by atomic mass is 16.3. The van der Waals surface area contributed by atoms with Gasteiger partial charge in [-0.1, -0.05) is 24.8 Å². The summed E-state index contributed by atoms with van der Waals surface area (Å²) in [5, 5.41) is 9.56. The Hall–Kier alpha value is -1.00. The highest BCUT2D eigenvalue weighted by Gasteiger charge is 2.06. The molecule has 0 aliphatic heterocycles. The summed E-state index contributed by atoms with van der Waals surface area (Å²) in [5.74, 6) is 0. The zero-order valence-electron chi connectivity index (χ0n) is 7.59. The molecule has 1 aliphatic carbocycles. The minimum atomic E-state index is -0.369. The van der Waals surface area contributed by atoms with Gasteiger partial charge < -0.3 is 5.11 Å². The number of aliphatic hydroxyl groups is 1. The van der Waals surface area contributed by atoms with Gasteiger partial charge in [-0.2, -0.15) is 0 Å². The molecule has 0 aromatic carbocycles. The summed E-state index contributed by atoms with van der Waals surface area (Å²) < 4.78 is 0. The van der Waals surface area contributed by atoms with E-state index < -0.39 is 0 Å². The molecule has 1 N–H and O–H groups in total. The Kier molecular flexibility index (Phi) is 3.13. The molecule has 1 aliphatic rings. The second-order valence-corrected chi connectivity index (χ2v) is 3.03. The molecule has 0 fully saturated rings. The van der Waals surface area contributed by atoms with Crippen molar-refractivity contribution in [3.8, 4) is 0 Å². The first-order valence-electron chi connectivity index (χ1n) is 4.32. The lowest BCUT2D eigenvalue weighted by molar-refractivity contribution is 0.203. The van der Waals surface area contributed by atoms with Gasteiger partial charge in [-0.15, -0.1) is 0 Å². The Morgan fingerprint density at radius 3 is 2.67 bits per heavy atom. The van der Waals surface area contributed by atoms with Crippen LogP contribution in [0.25, 0.3) is 0 Å². The quantitative estimate of drug-likeness (QED) is 0.631. The normalized spacial score (nSPS) is 17.2. The topological polar surface area (TPSA) is 20.2 Å². The second kappa shape index (κ2) is 4.13. The Bertz CT molecular complexity index is 284. The van der Waals surface area contributed by atoms with Crippen LogP contribution in [-0.2, 0) is 0 Å². The fraction of sp³-hybridized carbons (Fsp3) is 0.455. The van der Waals surface area contributed by atoms with Crippen molar-refractivity contribution < 1.29 is 5.11 Å². The summed E-state index contributed by atoms with van der Waals surface area (Å²) >= 11 is 0. The Morgan fingerprint density at radius 1 is 1.42 bits per heavy atom. The van der Waals surface area contributed by atoms with Crippen molar-refractivity contribution in [3.63, 3.8) is 0 Å².